The molecule has 10 saturated heterocycles. The van der Waals surface area contributed by atoms with Gasteiger partial charge in [0, 0.05) is 115 Å². The van der Waals surface area contributed by atoms with E-state index in [4.69, 9.17) is 64.0 Å². The second kappa shape index (κ2) is 39.5. The summed E-state index contributed by atoms with van der Waals surface area (Å²) in [6.45, 7) is 12.1. The fraction of sp³-hybridized carbons (Fsp3) is 0.510. The highest BCUT2D eigenvalue weighted by Gasteiger charge is 2.55. The van der Waals surface area contributed by atoms with Crippen molar-refractivity contribution in [1.82, 2.24) is 34.6 Å². The number of piperidine rings is 5. The molecule has 1 aromatic heterocycles. The maximum absolute atomic E-state index is 13.2. The predicted molar refractivity (Wildman–Crippen MR) is 480 cm³/mol. The summed E-state index contributed by atoms with van der Waals surface area (Å²) in [6.07, 6.45) is 17.3. The number of carbonyl (C=O) groups is 4. The third kappa shape index (κ3) is 20.3. The first-order valence-corrected chi connectivity index (χ1v) is 45.6. The molecule has 20 unspecified atom stereocenters. The van der Waals surface area contributed by atoms with Gasteiger partial charge in [-0.2, -0.15) is 4.98 Å². The number of ether oxygens (including phenoxy) is 4. The van der Waals surface area contributed by atoms with Gasteiger partial charge in [0.25, 0.3) is 0 Å². The zero-order chi connectivity index (χ0) is 84.0. The molecular formula is C98H120Cl3IN8O9. The van der Waals surface area contributed by atoms with Crippen LogP contribution in [0.4, 0.5) is 5.69 Å². The summed E-state index contributed by atoms with van der Waals surface area (Å²) in [4.78, 5) is 68.4. The lowest BCUT2D eigenvalue weighted by Crippen LogP contribution is -2.49. The third-order valence-electron chi connectivity index (χ3n) is 28.3. The Morgan fingerprint density at radius 3 is 1.18 bits per heavy atom. The van der Waals surface area contributed by atoms with E-state index in [2.05, 4.69) is 196 Å². The van der Waals surface area contributed by atoms with Crippen LogP contribution in [-0.2, 0) is 39.8 Å². The number of anilines is 1. The number of carbonyl (C=O) groups excluding carboxylic acids is 4. The van der Waals surface area contributed by atoms with Gasteiger partial charge in [0.1, 0.15) is 5.75 Å². The van der Waals surface area contributed by atoms with Gasteiger partial charge in [-0.25, -0.2) is 0 Å². The van der Waals surface area contributed by atoms with Gasteiger partial charge in [-0.3, -0.25) is 43.7 Å². The predicted octanol–water partition coefficient (Wildman–Crippen LogP) is 19.9. The Kier molecular flexibility index (Phi) is 29.2. The highest BCUT2D eigenvalue weighted by atomic mass is 127. The van der Waals surface area contributed by atoms with Crippen molar-refractivity contribution < 1.29 is 42.6 Å². The van der Waals surface area contributed by atoms with Crippen LogP contribution in [0.1, 0.15) is 210 Å². The molecule has 10 bridgehead atoms. The molecule has 8 aromatic rings. The number of para-hydroxylation sites is 1. The lowest BCUT2D eigenvalue weighted by molar-refractivity contribution is -0.158. The number of hydrogen-bond acceptors (Lipinski definition) is 17. The summed E-state index contributed by atoms with van der Waals surface area (Å²) in [6, 6.07) is 63.3. The lowest BCUT2D eigenvalue weighted by atomic mass is 9.76. The van der Waals surface area contributed by atoms with Gasteiger partial charge in [-0.1, -0.05) is 161 Å². The maximum Gasteiger partial charge on any atom is 0.316 e. The number of likely N-dealkylation sites (N-methyl/N-ethyl adjacent to an activating group) is 1. The number of nitrogens with two attached hydrogens (primary N) is 1. The minimum Gasteiger partial charge on any atom is -0.465 e. The molecule has 7 aromatic carbocycles. The second-order valence-electron chi connectivity index (χ2n) is 35.8. The van der Waals surface area contributed by atoms with Crippen LogP contribution in [0.5, 0.6) is 5.75 Å². The SMILES string of the molecule is CC(C)OC(=O)C1C(c2ccc(Cl)cc2)CC2CCC1N2C.CN1C2CCC1C(C(=O)OCCc1ccc(N)c(I)c1)C(c1ccc(Cl)cc1)C2.CN1C2CCC1C(C(=O)Oc1ccccc1)C(c1ccc(Cl)cc1)C2.Cc1ccc(C2CC3CCC(C2C(=O)OC(C)C)N3C)cc1.Cc1noc(C2C(c3ccccc3)CC3CCC2N3C)n1. The van der Waals surface area contributed by atoms with Crippen molar-refractivity contribution in [2.75, 3.05) is 47.6 Å². The molecule has 20 atom stereocenters. The standard InChI is InChI=1S/C23H26ClIN2O2.C21H22ClNO2.C19H27NO2.C18H24ClNO2.C17H21N3O/c1-27-17-7-9-21(27)22(18(13-17)15-3-5-16(24)6-4-15)23(28)29-11-10-14-2-8-20(26)19(25)12-14;1-23-16-11-12-19(23)20(21(24)25-17-5-3-2-4-6-17)18(13-16)14-7-9-15(22)10-8-14;1-12(2)22-19(21)18-16(14-7-5-13(3)6-8-14)11-15-9-10-17(18)20(15)4;1-11(2)22-18(21)17-15(12-4-6-13(19)7-5-12)10-14-8-9-16(17)20(14)3;1-11-18-17(21-19-11)16-14(12-6-4-3-5-7-12)10-13-8-9-15(16)20(13)2/h2-6,8,12,17-18,21-22H,7,9-11,13,26H2,1H3;2-10,16,18-20H,11-13H2,1H3;5-8,12,15-18H,9-11H2,1-4H3;4-7,11,14-17H,8-10H2,1-3H3;3-7,13-16H,8-10H2,1-2H3. The summed E-state index contributed by atoms with van der Waals surface area (Å²) in [5, 5.41) is 6.21. The normalized spacial score (nSPS) is 29.9. The summed E-state index contributed by atoms with van der Waals surface area (Å²) in [7, 11) is 10.9. The van der Waals surface area contributed by atoms with Crippen molar-refractivity contribution >= 4 is 87.0 Å². The van der Waals surface area contributed by atoms with Crippen LogP contribution in [0.3, 0.4) is 0 Å². The van der Waals surface area contributed by atoms with E-state index in [1.165, 1.54) is 65.5 Å². The van der Waals surface area contributed by atoms with Gasteiger partial charge >= 0.3 is 23.9 Å². The van der Waals surface area contributed by atoms with Crippen LogP contribution < -0.4 is 10.5 Å². The minimum absolute atomic E-state index is 0.0159. The number of rotatable bonds is 16. The Morgan fingerprint density at radius 1 is 0.445 bits per heavy atom. The first-order valence-electron chi connectivity index (χ1n) is 43.4. The molecular weight excluding hydrogens is 1670 g/mol. The van der Waals surface area contributed by atoms with E-state index < -0.39 is 0 Å². The van der Waals surface area contributed by atoms with Gasteiger partial charge in [-0.15, -0.1) is 0 Å². The van der Waals surface area contributed by atoms with E-state index in [0.29, 0.717) is 84.9 Å². The topological polar surface area (TPSA) is 186 Å². The van der Waals surface area contributed by atoms with Gasteiger partial charge < -0.3 is 29.2 Å². The second-order valence-corrected chi connectivity index (χ2v) is 38.3. The summed E-state index contributed by atoms with van der Waals surface area (Å²) < 4.78 is 29.3. The Morgan fingerprint density at radius 2 is 0.798 bits per heavy atom. The molecule has 10 fully saturated rings. The Hall–Kier alpha value is -7.24. The van der Waals surface area contributed by atoms with Gasteiger partial charge in [-0.05, 0) is 296 Å². The van der Waals surface area contributed by atoms with Crippen molar-refractivity contribution in [3.63, 3.8) is 0 Å². The van der Waals surface area contributed by atoms with E-state index >= 15 is 0 Å². The third-order valence-corrected chi connectivity index (χ3v) is 29.9. The Bertz CT molecular complexity index is 4600. The van der Waals surface area contributed by atoms with Crippen LogP contribution in [0.25, 0.3) is 0 Å². The first-order chi connectivity index (χ1) is 57.2. The van der Waals surface area contributed by atoms with E-state index in [1.54, 1.807) is 0 Å². The van der Waals surface area contributed by atoms with Gasteiger partial charge in [0.15, 0.2) is 5.82 Å². The Labute approximate surface area is 733 Å². The van der Waals surface area contributed by atoms with Crippen LogP contribution >= 0.6 is 57.4 Å². The molecule has 0 radical (unpaired) electrons. The number of fused-ring (bicyclic) bond motifs is 10. The number of esters is 4. The van der Waals surface area contributed by atoms with Crippen molar-refractivity contribution in [2.24, 2.45) is 23.7 Å². The van der Waals surface area contributed by atoms with Crippen LogP contribution in [0.15, 0.2) is 180 Å². The lowest BCUT2D eigenvalue weighted by Gasteiger charge is -2.42. The number of benzene rings is 7. The number of halogens is 4. The zero-order valence-electron chi connectivity index (χ0n) is 70.9. The fourth-order valence-electron chi connectivity index (χ4n) is 22.1. The van der Waals surface area contributed by atoms with E-state index in [-0.39, 0.29) is 89.6 Å². The quantitative estimate of drug-likeness (QED) is 0.0316. The molecule has 0 spiro atoms. The van der Waals surface area contributed by atoms with Crippen molar-refractivity contribution in [1.29, 1.82) is 0 Å². The smallest absolute Gasteiger partial charge is 0.316 e. The average Bonchev–Trinajstić information content (AvgIpc) is 1.70. The molecule has 11 heterocycles. The zero-order valence-corrected chi connectivity index (χ0v) is 75.3. The highest BCUT2D eigenvalue weighted by Crippen LogP contribution is 2.54. The summed E-state index contributed by atoms with van der Waals surface area (Å²) >= 11 is 20.4. The summed E-state index contributed by atoms with van der Waals surface area (Å²) in [5.74, 6) is 3.21. The van der Waals surface area contributed by atoms with E-state index in [9.17, 15) is 19.2 Å². The molecule has 10 aliphatic rings. The fourth-order valence-corrected chi connectivity index (χ4v) is 23.1. The van der Waals surface area contributed by atoms with E-state index in [1.807, 2.05) is 113 Å². The maximum atomic E-state index is 13.2. The minimum atomic E-state index is -0.148. The molecule has 119 heavy (non-hydrogen) atoms. The van der Waals surface area contributed by atoms with Gasteiger partial charge in [0.2, 0.25) is 5.89 Å². The molecule has 17 nitrogen and oxygen atoms in total. The number of nitrogen functional groups attached to an aromatic ring is 1. The summed E-state index contributed by atoms with van der Waals surface area (Å²) in [5.41, 5.74) is 15.3. The van der Waals surface area contributed by atoms with Crippen molar-refractivity contribution in [3.8, 4) is 5.75 Å². The monoisotopic (exact) mass is 1780 g/mol. The number of aryl methyl sites for hydroxylation is 2. The molecule has 634 valence electrons. The number of nitrogens with zero attached hydrogens (tertiary/aromatic N) is 7. The molecule has 0 amide bonds. The largest absolute Gasteiger partial charge is 0.465 e. The number of aromatic nitrogens is 2. The average molecular weight is 1790 g/mol. The van der Waals surface area contributed by atoms with Crippen LogP contribution in [0, 0.1) is 41.1 Å². The first kappa shape index (κ1) is 88.1. The number of hydrogen-bond donors (Lipinski definition) is 1. The molecule has 2 N–H and O–H groups in total. The molecule has 0 aliphatic carbocycles. The molecule has 21 heteroatoms. The molecule has 0 saturated carbocycles. The van der Waals surface area contributed by atoms with Crippen molar-refractivity contribution in [2.45, 2.75) is 252 Å². The van der Waals surface area contributed by atoms with Crippen LogP contribution in [0.2, 0.25) is 15.1 Å². The molecule has 18 rings (SSSR count). The Balaban J connectivity index is 0.000000123. The van der Waals surface area contributed by atoms with Crippen LogP contribution in [-0.4, -0.2) is 173 Å². The van der Waals surface area contributed by atoms with Crippen molar-refractivity contribution in [3.05, 3.63) is 245 Å². The molecule has 10 aliphatic heterocycles. The van der Waals surface area contributed by atoms with Gasteiger partial charge in [0.05, 0.1) is 48.4 Å². The van der Waals surface area contributed by atoms with E-state index in [0.717, 1.165) is 106 Å². The highest BCUT2D eigenvalue weighted by molar-refractivity contribution is 14.1.